The molecule has 27 heavy (non-hydrogen) atoms. The Morgan fingerprint density at radius 3 is 2.74 bits per heavy atom. The molecule has 0 amide bonds. The summed E-state index contributed by atoms with van der Waals surface area (Å²) in [5, 5.41) is -0.0746. The number of anilines is 1. The molecule has 0 fully saturated rings. The lowest BCUT2D eigenvalue weighted by Crippen LogP contribution is -2.14. The minimum absolute atomic E-state index is 0.0746. The van der Waals surface area contributed by atoms with Crippen molar-refractivity contribution in [2.24, 2.45) is 7.05 Å². The van der Waals surface area contributed by atoms with E-state index in [1.165, 1.54) is 19.6 Å². The number of benzene rings is 1. The van der Waals surface area contributed by atoms with Crippen LogP contribution in [-0.4, -0.2) is 39.4 Å². The minimum Gasteiger partial charge on any atom is -0.495 e. The van der Waals surface area contributed by atoms with Crippen LogP contribution in [-0.2, 0) is 17.1 Å². The number of hydrogen-bond acceptors (Lipinski definition) is 6. The zero-order valence-corrected chi connectivity index (χ0v) is 15.4. The second-order valence-electron chi connectivity index (χ2n) is 5.85. The van der Waals surface area contributed by atoms with Gasteiger partial charge in [-0.2, -0.15) is 8.42 Å². The number of ether oxygens (including phenoxy) is 1. The predicted molar refractivity (Wildman–Crippen MR) is 99.0 cm³/mol. The first kappa shape index (κ1) is 17.0. The summed E-state index contributed by atoms with van der Waals surface area (Å²) in [6, 6.07) is 6.96. The maximum atomic E-state index is 12.6. The molecular weight excluding hydrogens is 368 g/mol. The number of aromatic nitrogens is 5. The molecule has 0 aliphatic rings. The molecule has 0 atom stereocenters. The van der Waals surface area contributed by atoms with Gasteiger partial charge in [0.15, 0.2) is 5.03 Å². The zero-order valence-electron chi connectivity index (χ0n) is 14.6. The summed E-state index contributed by atoms with van der Waals surface area (Å²) in [5.41, 5.74) is 1.68. The maximum absolute atomic E-state index is 12.6. The number of imidazole rings is 2. The van der Waals surface area contributed by atoms with Gasteiger partial charge in [-0.15, -0.1) is 0 Å². The minimum atomic E-state index is -3.85. The molecule has 3 heterocycles. The SMILES string of the molecule is COc1ccc(-c2cn3cccnc3n2)cc1NS(=O)(=O)c1cn(C)cn1. The van der Waals surface area contributed by atoms with E-state index < -0.39 is 10.0 Å². The molecule has 0 aliphatic heterocycles. The van der Waals surface area contributed by atoms with E-state index in [2.05, 4.69) is 19.7 Å². The smallest absolute Gasteiger partial charge is 0.281 e. The van der Waals surface area contributed by atoms with Gasteiger partial charge in [-0.25, -0.2) is 15.0 Å². The number of hydrogen-bond donors (Lipinski definition) is 1. The summed E-state index contributed by atoms with van der Waals surface area (Å²) in [5.74, 6) is 0.944. The van der Waals surface area contributed by atoms with E-state index in [-0.39, 0.29) is 5.03 Å². The van der Waals surface area contributed by atoms with Crippen LogP contribution in [0.25, 0.3) is 17.0 Å². The van der Waals surface area contributed by atoms with Crippen LogP contribution in [0.5, 0.6) is 5.75 Å². The second kappa shape index (κ2) is 6.40. The fraction of sp³-hybridized carbons (Fsp3) is 0.118. The average Bonchev–Trinajstić information content (AvgIpc) is 3.28. The first-order valence-electron chi connectivity index (χ1n) is 7.95. The van der Waals surface area contributed by atoms with Crippen molar-refractivity contribution in [3.63, 3.8) is 0 Å². The first-order chi connectivity index (χ1) is 13.0. The van der Waals surface area contributed by atoms with Crippen molar-refractivity contribution in [1.29, 1.82) is 0 Å². The molecule has 0 unspecified atom stereocenters. The van der Waals surface area contributed by atoms with Crippen molar-refractivity contribution < 1.29 is 13.2 Å². The van der Waals surface area contributed by atoms with Gasteiger partial charge < -0.3 is 9.30 Å². The topological polar surface area (TPSA) is 103 Å². The number of sulfonamides is 1. The Morgan fingerprint density at radius 1 is 1.19 bits per heavy atom. The van der Waals surface area contributed by atoms with Crippen LogP contribution in [0.2, 0.25) is 0 Å². The van der Waals surface area contributed by atoms with Gasteiger partial charge in [0.05, 0.1) is 24.8 Å². The molecule has 0 saturated heterocycles. The van der Waals surface area contributed by atoms with Crippen LogP contribution in [0.3, 0.4) is 0 Å². The van der Waals surface area contributed by atoms with Crippen LogP contribution in [0.4, 0.5) is 5.69 Å². The van der Waals surface area contributed by atoms with Crippen molar-refractivity contribution in [3.8, 4) is 17.0 Å². The third kappa shape index (κ3) is 3.22. The Kier molecular flexibility index (Phi) is 4.04. The monoisotopic (exact) mass is 384 g/mol. The fourth-order valence-corrected chi connectivity index (χ4v) is 3.69. The predicted octanol–water partition coefficient (Wildman–Crippen LogP) is 1.94. The van der Waals surface area contributed by atoms with Crippen LogP contribution < -0.4 is 9.46 Å². The summed E-state index contributed by atoms with van der Waals surface area (Å²) in [6.07, 6.45) is 8.17. The van der Waals surface area contributed by atoms with Crippen LogP contribution >= 0.6 is 0 Å². The van der Waals surface area contributed by atoms with Gasteiger partial charge in [-0.05, 0) is 24.3 Å². The normalized spacial score (nSPS) is 11.6. The van der Waals surface area contributed by atoms with E-state index >= 15 is 0 Å². The summed E-state index contributed by atoms with van der Waals surface area (Å²) < 4.78 is 36.4. The van der Waals surface area contributed by atoms with Gasteiger partial charge in [-0.3, -0.25) is 9.12 Å². The zero-order chi connectivity index (χ0) is 19.0. The second-order valence-corrected chi connectivity index (χ2v) is 7.48. The maximum Gasteiger partial charge on any atom is 0.281 e. The first-order valence-corrected chi connectivity index (χ1v) is 9.43. The van der Waals surface area contributed by atoms with E-state index in [0.29, 0.717) is 22.9 Å². The van der Waals surface area contributed by atoms with Crippen LogP contribution in [0, 0.1) is 0 Å². The fourth-order valence-electron chi connectivity index (χ4n) is 2.64. The highest BCUT2D eigenvalue weighted by Crippen LogP contribution is 2.31. The molecule has 10 heteroatoms. The third-order valence-corrected chi connectivity index (χ3v) is 5.18. The number of aryl methyl sites for hydroxylation is 1. The molecule has 1 N–H and O–H groups in total. The van der Waals surface area contributed by atoms with E-state index in [1.54, 1.807) is 46.5 Å². The molecule has 0 aliphatic carbocycles. The number of nitrogens with zero attached hydrogens (tertiary/aromatic N) is 5. The molecule has 0 spiro atoms. The van der Waals surface area contributed by atoms with Gasteiger partial charge in [0.25, 0.3) is 10.0 Å². The summed E-state index contributed by atoms with van der Waals surface area (Å²) in [7, 11) is -0.675. The van der Waals surface area contributed by atoms with Crippen LogP contribution in [0.15, 0.2) is 60.4 Å². The number of rotatable bonds is 5. The lowest BCUT2D eigenvalue weighted by Gasteiger charge is -2.12. The van der Waals surface area contributed by atoms with Crippen molar-refractivity contribution in [2.75, 3.05) is 11.8 Å². The van der Waals surface area contributed by atoms with Gasteiger partial charge in [0.2, 0.25) is 5.78 Å². The summed E-state index contributed by atoms with van der Waals surface area (Å²) in [4.78, 5) is 12.5. The van der Waals surface area contributed by atoms with Crippen molar-refractivity contribution in [3.05, 3.63) is 55.4 Å². The molecule has 4 rings (SSSR count). The molecule has 4 aromatic rings. The van der Waals surface area contributed by atoms with E-state index in [9.17, 15) is 8.42 Å². The molecule has 0 saturated carbocycles. The highest BCUT2D eigenvalue weighted by atomic mass is 32.2. The Balaban J connectivity index is 1.75. The van der Waals surface area contributed by atoms with E-state index in [4.69, 9.17) is 4.74 Å². The molecule has 3 aromatic heterocycles. The van der Waals surface area contributed by atoms with Gasteiger partial charge >= 0.3 is 0 Å². The summed E-state index contributed by atoms with van der Waals surface area (Å²) >= 11 is 0. The molecule has 138 valence electrons. The molecule has 0 bridgehead atoms. The molecule has 0 radical (unpaired) electrons. The molecule has 9 nitrogen and oxygen atoms in total. The Bertz CT molecular complexity index is 1200. The van der Waals surface area contributed by atoms with E-state index in [1.807, 2.05) is 12.4 Å². The van der Waals surface area contributed by atoms with Gasteiger partial charge in [-0.1, -0.05) is 0 Å². The highest BCUT2D eigenvalue weighted by Gasteiger charge is 2.20. The molecular formula is C17H16N6O3S. The Hall–Kier alpha value is -3.40. The standard InChI is InChI=1S/C17H16N6O3S/c1-22-10-16(19-11-22)27(24,25)21-13-8-12(4-5-15(13)26-2)14-9-23-7-3-6-18-17(23)20-14/h3-11,21H,1-2H3. The average molecular weight is 384 g/mol. The van der Waals surface area contributed by atoms with Crippen molar-refractivity contribution >= 4 is 21.5 Å². The number of nitrogens with one attached hydrogen (secondary N) is 1. The van der Waals surface area contributed by atoms with Gasteiger partial charge in [0, 0.05) is 37.4 Å². The Labute approximate surface area is 155 Å². The quantitative estimate of drug-likeness (QED) is 0.564. The largest absolute Gasteiger partial charge is 0.495 e. The third-order valence-electron chi connectivity index (χ3n) is 3.93. The van der Waals surface area contributed by atoms with E-state index in [0.717, 1.165) is 5.56 Å². The molecule has 1 aromatic carbocycles. The van der Waals surface area contributed by atoms with Crippen LogP contribution in [0.1, 0.15) is 0 Å². The van der Waals surface area contributed by atoms with Crippen molar-refractivity contribution in [1.82, 2.24) is 23.9 Å². The Morgan fingerprint density at radius 2 is 2.04 bits per heavy atom. The lowest BCUT2D eigenvalue weighted by atomic mass is 10.1. The summed E-state index contributed by atoms with van der Waals surface area (Å²) in [6.45, 7) is 0. The van der Waals surface area contributed by atoms with Gasteiger partial charge in [0.1, 0.15) is 5.75 Å². The highest BCUT2D eigenvalue weighted by molar-refractivity contribution is 7.92. The number of fused-ring (bicyclic) bond motifs is 1. The number of methoxy groups -OCH3 is 1. The van der Waals surface area contributed by atoms with Crippen molar-refractivity contribution in [2.45, 2.75) is 5.03 Å². The lowest BCUT2D eigenvalue weighted by molar-refractivity contribution is 0.417.